The molecule has 152 valence electrons. The molecule has 4 rings (SSSR count). The monoisotopic (exact) mass is 416 g/mol. The Morgan fingerprint density at radius 2 is 2.03 bits per heavy atom. The summed E-state index contributed by atoms with van der Waals surface area (Å²) in [5.41, 5.74) is 1.90. The molecule has 0 bridgehead atoms. The molecule has 1 aromatic heterocycles. The van der Waals surface area contributed by atoms with Gasteiger partial charge in [0.2, 0.25) is 0 Å². The maximum absolute atomic E-state index is 14.6. The Morgan fingerprint density at radius 3 is 2.76 bits per heavy atom. The van der Waals surface area contributed by atoms with Crippen LogP contribution in [-0.2, 0) is 0 Å². The van der Waals surface area contributed by atoms with Crippen molar-refractivity contribution in [2.24, 2.45) is 0 Å². The van der Waals surface area contributed by atoms with E-state index in [0.29, 0.717) is 10.8 Å². The number of hydrogen-bond donors (Lipinski definition) is 3. The highest BCUT2D eigenvalue weighted by Crippen LogP contribution is 2.26. The molecule has 8 heteroatoms. The number of carbonyl (C=O) groups is 1. The van der Waals surface area contributed by atoms with Crippen molar-refractivity contribution in [3.8, 4) is 0 Å². The lowest BCUT2D eigenvalue weighted by atomic mass is 10.1. The van der Waals surface area contributed by atoms with Gasteiger partial charge in [-0.25, -0.2) is 9.37 Å². The lowest BCUT2D eigenvalue weighted by Gasteiger charge is -2.23. The smallest absolute Gasteiger partial charge is 0.251 e. The van der Waals surface area contributed by atoms with Crippen molar-refractivity contribution in [2.75, 3.05) is 13.1 Å². The van der Waals surface area contributed by atoms with Crippen LogP contribution in [0.1, 0.15) is 53.8 Å². The second-order valence-electron chi connectivity index (χ2n) is 7.33. The Hall–Kier alpha value is -2.48. The molecule has 2 aromatic carbocycles. The van der Waals surface area contributed by atoms with Gasteiger partial charge >= 0.3 is 0 Å². The van der Waals surface area contributed by atoms with Crippen LogP contribution in [0.2, 0.25) is 5.02 Å². The van der Waals surface area contributed by atoms with E-state index in [4.69, 9.17) is 11.6 Å². The summed E-state index contributed by atoms with van der Waals surface area (Å²) >= 11 is 5.99. The first-order chi connectivity index (χ1) is 13.9. The SMILES string of the molecule is C[C@H](NC(=O)c1ccc(C(O)N2CCCC2)c(F)c1)c1nc2ccc(Cl)cc2[nH]1. The highest BCUT2D eigenvalue weighted by molar-refractivity contribution is 6.31. The molecule has 0 aliphatic carbocycles. The summed E-state index contributed by atoms with van der Waals surface area (Å²) in [6, 6.07) is 9.06. The van der Waals surface area contributed by atoms with E-state index >= 15 is 0 Å². The largest absolute Gasteiger partial charge is 0.374 e. The fourth-order valence-electron chi connectivity index (χ4n) is 3.62. The van der Waals surface area contributed by atoms with Crippen molar-refractivity contribution in [3.05, 3.63) is 64.2 Å². The van der Waals surface area contributed by atoms with Crippen molar-refractivity contribution in [1.82, 2.24) is 20.2 Å². The fourth-order valence-corrected chi connectivity index (χ4v) is 3.79. The van der Waals surface area contributed by atoms with Crippen LogP contribution in [0.15, 0.2) is 36.4 Å². The van der Waals surface area contributed by atoms with Crippen LogP contribution in [0.25, 0.3) is 11.0 Å². The summed E-state index contributed by atoms with van der Waals surface area (Å²) in [6.45, 7) is 3.27. The van der Waals surface area contributed by atoms with Gasteiger partial charge in [0.1, 0.15) is 17.9 Å². The molecular formula is C21H22ClFN4O2. The standard InChI is InChI=1S/C21H22ClFN4O2/c1-12(19-25-17-7-5-14(22)11-18(17)26-19)24-20(28)13-4-6-15(16(23)10-13)21(29)27-8-2-3-9-27/h4-7,10-12,21,29H,2-3,8-9H2,1H3,(H,24,28)(H,25,26)/t12-,21?/m0/s1. The molecule has 0 saturated carbocycles. The minimum atomic E-state index is -0.990. The number of rotatable bonds is 5. The third kappa shape index (κ3) is 4.12. The van der Waals surface area contributed by atoms with Crippen LogP contribution in [0.5, 0.6) is 0 Å². The number of nitrogens with one attached hydrogen (secondary N) is 2. The Bertz CT molecular complexity index is 1050. The van der Waals surface area contributed by atoms with Gasteiger partial charge in [-0.3, -0.25) is 9.69 Å². The molecule has 1 saturated heterocycles. The summed E-state index contributed by atoms with van der Waals surface area (Å²) < 4.78 is 14.6. The summed E-state index contributed by atoms with van der Waals surface area (Å²) in [5, 5.41) is 13.8. The van der Waals surface area contributed by atoms with E-state index in [0.717, 1.165) is 43.0 Å². The number of likely N-dealkylation sites (tertiary alicyclic amines) is 1. The molecular weight excluding hydrogens is 395 g/mol. The number of fused-ring (bicyclic) bond motifs is 1. The first kappa shape index (κ1) is 19.8. The molecule has 0 spiro atoms. The van der Waals surface area contributed by atoms with Crippen LogP contribution < -0.4 is 5.32 Å². The summed E-state index contributed by atoms with van der Waals surface area (Å²) in [6.07, 6.45) is 0.992. The number of nitrogens with zero attached hydrogens (tertiary/aromatic N) is 2. The highest BCUT2D eigenvalue weighted by atomic mass is 35.5. The average molecular weight is 417 g/mol. The van der Waals surface area contributed by atoms with Gasteiger partial charge in [-0.1, -0.05) is 17.7 Å². The third-order valence-corrected chi connectivity index (χ3v) is 5.48. The number of H-pyrrole nitrogens is 1. The highest BCUT2D eigenvalue weighted by Gasteiger charge is 2.24. The van der Waals surface area contributed by atoms with E-state index in [-0.39, 0.29) is 11.1 Å². The second kappa shape index (κ2) is 8.10. The maximum Gasteiger partial charge on any atom is 0.251 e. The van der Waals surface area contributed by atoms with Crippen molar-refractivity contribution in [1.29, 1.82) is 0 Å². The van der Waals surface area contributed by atoms with E-state index in [1.54, 1.807) is 25.1 Å². The minimum Gasteiger partial charge on any atom is -0.374 e. The van der Waals surface area contributed by atoms with Gasteiger partial charge < -0.3 is 15.4 Å². The number of benzene rings is 2. The predicted octanol–water partition coefficient (Wildman–Crippen LogP) is 3.93. The van der Waals surface area contributed by atoms with Crippen LogP contribution in [0, 0.1) is 5.82 Å². The van der Waals surface area contributed by atoms with E-state index in [9.17, 15) is 14.3 Å². The Kier molecular flexibility index (Phi) is 5.54. The molecule has 2 heterocycles. The minimum absolute atomic E-state index is 0.186. The molecule has 1 amide bonds. The number of aliphatic hydroxyl groups is 1. The number of halogens is 2. The van der Waals surface area contributed by atoms with Crippen molar-refractivity contribution < 1.29 is 14.3 Å². The van der Waals surface area contributed by atoms with Crippen LogP contribution >= 0.6 is 11.6 Å². The molecule has 1 unspecified atom stereocenters. The molecule has 3 N–H and O–H groups in total. The van der Waals surface area contributed by atoms with Gasteiger partial charge in [-0.2, -0.15) is 0 Å². The predicted molar refractivity (Wildman–Crippen MR) is 109 cm³/mol. The molecule has 1 fully saturated rings. The first-order valence-electron chi connectivity index (χ1n) is 9.60. The quantitative estimate of drug-likeness (QED) is 0.588. The van der Waals surface area contributed by atoms with Gasteiger partial charge in [0.05, 0.1) is 17.1 Å². The number of hydrogen-bond acceptors (Lipinski definition) is 4. The molecule has 3 aromatic rings. The zero-order valence-electron chi connectivity index (χ0n) is 16.0. The summed E-state index contributed by atoms with van der Waals surface area (Å²) in [5.74, 6) is -0.433. The molecule has 2 atom stereocenters. The van der Waals surface area contributed by atoms with E-state index in [1.165, 1.54) is 12.1 Å². The molecule has 1 aliphatic rings. The summed E-state index contributed by atoms with van der Waals surface area (Å²) in [4.78, 5) is 22.0. The second-order valence-corrected chi connectivity index (χ2v) is 7.77. The van der Waals surface area contributed by atoms with Crippen LogP contribution in [-0.4, -0.2) is 39.0 Å². The first-order valence-corrected chi connectivity index (χ1v) is 9.98. The maximum atomic E-state index is 14.6. The third-order valence-electron chi connectivity index (χ3n) is 5.25. The van der Waals surface area contributed by atoms with Crippen molar-refractivity contribution in [3.63, 3.8) is 0 Å². The van der Waals surface area contributed by atoms with Crippen LogP contribution in [0.3, 0.4) is 0 Å². The Labute approximate surface area is 172 Å². The normalized spacial score (nSPS) is 16.8. The zero-order valence-corrected chi connectivity index (χ0v) is 16.7. The van der Waals surface area contributed by atoms with Gasteiger partial charge in [0.25, 0.3) is 5.91 Å². The van der Waals surface area contributed by atoms with Gasteiger partial charge in [0.15, 0.2) is 0 Å². The topological polar surface area (TPSA) is 81.2 Å². The number of amides is 1. The van der Waals surface area contributed by atoms with Crippen LogP contribution in [0.4, 0.5) is 4.39 Å². The fraction of sp³-hybridized carbons (Fsp3) is 0.333. The average Bonchev–Trinajstić information content (AvgIpc) is 3.36. The van der Waals surface area contributed by atoms with Gasteiger partial charge in [-0.05, 0) is 50.1 Å². The van der Waals surface area contributed by atoms with E-state index in [1.807, 2.05) is 4.90 Å². The molecule has 29 heavy (non-hydrogen) atoms. The van der Waals surface area contributed by atoms with Crippen molar-refractivity contribution in [2.45, 2.75) is 32.0 Å². The number of imidazole rings is 1. The number of aromatic nitrogens is 2. The molecule has 0 radical (unpaired) electrons. The lowest BCUT2D eigenvalue weighted by molar-refractivity contribution is 0.0162. The van der Waals surface area contributed by atoms with Gasteiger partial charge in [-0.15, -0.1) is 0 Å². The Morgan fingerprint density at radius 1 is 1.28 bits per heavy atom. The summed E-state index contributed by atoms with van der Waals surface area (Å²) in [7, 11) is 0. The number of aromatic amines is 1. The number of aliphatic hydroxyl groups excluding tert-OH is 1. The van der Waals surface area contributed by atoms with E-state index < -0.39 is 24.0 Å². The van der Waals surface area contributed by atoms with Crippen molar-refractivity contribution >= 4 is 28.5 Å². The van der Waals surface area contributed by atoms with E-state index in [2.05, 4.69) is 15.3 Å². The molecule has 6 nitrogen and oxygen atoms in total. The Balaban J connectivity index is 1.47. The zero-order chi connectivity index (χ0) is 20.5. The number of carbonyl (C=O) groups excluding carboxylic acids is 1. The lowest BCUT2D eigenvalue weighted by Crippen LogP contribution is -2.28. The van der Waals surface area contributed by atoms with Gasteiger partial charge in [0, 0.05) is 29.2 Å². The molecule has 1 aliphatic heterocycles.